The van der Waals surface area contributed by atoms with E-state index in [0.29, 0.717) is 12.1 Å². The van der Waals surface area contributed by atoms with Gasteiger partial charge in [-0.05, 0) is 42.3 Å². The molecule has 25 heavy (non-hydrogen) atoms. The molecule has 0 radical (unpaired) electrons. The summed E-state index contributed by atoms with van der Waals surface area (Å²) in [6, 6.07) is 9.42. The first-order valence-electron chi connectivity index (χ1n) is 7.83. The predicted molar refractivity (Wildman–Crippen MR) is 93.4 cm³/mol. The largest absolute Gasteiger partial charge is 0.345 e. The van der Waals surface area contributed by atoms with E-state index in [-0.39, 0.29) is 17.4 Å². The highest BCUT2D eigenvalue weighted by Gasteiger charge is 2.24. The lowest BCUT2D eigenvalue weighted by atomic mass is 10.0. The summed E-state index contributed by atoms with van der Waals surface area (Å²) in [7, 11) is 0. The van der Waals surface area contributed by atoms with E-state index in [9.17, 15) is 14.0 Å². The lowest BCUT2D eigenvalue weighted by molar-refractivity contribution is 0.0933. The molecule has 0 fully saturated rings. The summed E-state index contributed by atoms with van der Waals surface area (Å²) < 4.78 is 14.9. The van der Waals surface area contributed by atoms with Crippen molar-refractivity contribution in [3.8, 4) is 0 Å². The van der Waals surface area contributed by atoms with Gasteiger partial charge in [0, 0.05) is 23.0 Å². The van der Waals surface area contributed by atoms with Gasteiger partial charge >= 0.3 is 0 Å². The third-order valence-corrected chi connectivity index (χ3v) is 5.30. The topological polar surface area (TPSA) is 63.5 Å². The van der Waals surface area contributed by atoms with E-state index in [4.69, 9.17) is 0 Å². The van der Waals surface area contributed by atoms with Gasteiger partial charge in [-0.1, -0.05) is 6.07 Å². The third kappa shape index (κ3) is 2.91. The number of pyridine rings is 1. The Morgan fingerprint density at radius 3 is 3.08 bits per heavy atom. The summed E-state index contributed by atoms with van der Waals surface area (Å²) in [6.07, 6.45) is 3.54. The van der Waals surface area contributed by atoms with E-state index >= 15 is 0 Å². The van der Waals surface area contributed by atoms with Crippen molar-refractivity contribution in [1.82, 2.24) is 14.7 Å². The minimum absolute atomic E-state index is 0.0279. The molecule has 0 bridgehead atoms. The van der Waals surface area contributed by atoms with Gasteiger partial charge in [0.25, 0.3) is 11.5 Å². The molecule has 1 atom stereocenters. The fourth-order valence-electron chi connectivity index (χ4n) is 2.93. The summed E-state index contributed by atoms with van der Waals surface area (Å²) in [4.78, 5) is 30.2. The Balaban J connectivity index is 1.67. The predicted octanol–water partition coefficient (Wildman–Crippen LogP) is 2.80. The fraction of sp³-hybridized carbons (Fsp3) is 0.167. The maximum Gasteiger partial charge on any atom is 0.270 e. The lowest BCUT2D eigenvalue weighted by Crippen LogP contribution is -2.35. The molecule has 2 aromatic heterocycles. The molecule has 3 heterocycles. The van der Waals surface area contributed by atoms with Crippen LogP contribution in [0.1, 0.15) is 28.4 Å². The van der Waals surface area contributed by atoms with Gasteiger partial charge in [0.2, 0.25) is 0 Å². The van der Waals surface area contributed by atoms with Gasteiger partial charge in [-0.3, -0.25) is 14.0 Å². The highest BCUT2D eigenvalue weighted by atomic mass is 32.2. The maximum absolute atomic E-state index is 13.6. The van der Waals surface area contributed by atoms with Crippen LogP contribution in [0.25, 0.3) is 5.65 Å². The summed E-state index contributed by atoms with van der Waals surface area (Å²) in [5.41, 5.74) is 0.775. The number of halogens is 1. The monoisotopic (exact) mass is 355 g/mol. The van der Waals surface area contributed by atoms with Crippen LogP contribution in [0.3, 0.4) is 0 Å². The first kappa shape index (κ1) is 15.8. The molecule has 0 saturated carbocycles. The van der Waals surface area contributed by atoms with Crippen molar-refractivity contribution < 1.29 is 9.18 Å². The van der Waals surface area contributed by atoms with Gasteiger partial charge in [0.15, 0.2) is 0 Å². The van der Waals surface area contributed by atoms with E-state index in [1.807, 2.05) is 0 Å². The third-order valence-electron chi connectivity index (χ3n) is 4.17. The zero-order valence-corrected chi connectivity index (χ0v) is 13.9. The first-order chi connectivity index (χ1) is 12.1. The average molecular weight is 355 g/mol. The van der Waals surface area contributed by atoms with E-state index in [2.05, 4.69) is 10.3 Å². The number of carbonyl (C=O) groups excluding carboxylic acids is 1. The smallest absolute Gasteiger partial charge is 0.270 e. The van der Waals surface area contributed by atoms with Crippen molar-refractivity contribution in [2.75, 3.05) is 5.75 Å². The number of hydrogen-bond donors (Lipinski definition) is 1. The van der Waals surface area contributed by atoms with Crippen LogP contribution in [0.5, 0.6) is 0 Å². The van der Waals surface area contributed by atoms with Crippen molar-refractivity contribution >= 4 is 23.3 Å². The van der Waals surface area contributed by atoms with Crippen LogP contribution < -0.4 is 10.9 Å². The van der Waals surface area contributed by atoms with Gasteiger partial charge in [-0.2, -0.15) is 0 Å². The molecule has 1 aliphatic rings. The standard InChI is InChI=1S/C18H14FN3O2S/c19-11-4-5-15-12(9-11)14(6-8-25-15)21-17(23)13-10-20-16-3-1-2-7-22(16)18(13)24/h1-5,7,9-10,14H,6,8H2,(H,21,23). The highest BCUT2D eigenvalue weighted by molar-refractivity contribution is 7.99. The zero-order valence-electron chi connectivity index (χ0n) is 13.1. The van der Waals surface area contributed by atoms with Crippen molar-refractivity contribution in [1.29, 1.82) is 0 Å². The summed E-state index contributed by atoms with van der Waals surface area (Å²) in [5.74, 6) is -0.0192. The average Bonchev–Trinajstić information content (AvgIpc) is 2.62. The molecule has 126 valence electrons. The fourth-order valence-corrected chi connectivity index (χ4v) is 4.04. The summed E-state index contributed by atoms with van der Waals surface area (Å²) in [5, 5.41) is 2.85. The Morgan fingerprint density at radius 2 is 2.20 bits per heavy atom. The van der Waals surface area contributed by atoms with Crippen LogP contribution in [0.4, 0.5) is 4.39 Å². The molecule has 1 N–H and O–H groups in total. The van der Waals surface area contributed by atoms with Crippen molar-refractivity contribution in [2.45, 2.75) is 17.4 Å². The number of benzene rings is 1. The molecule has 5 nitrogen and oxygen atoms in total. The van der Waals surface area contributed by atoms with Gasteiger partial charge < -0.3 is 5.32 Å². The van der Waals surface area contributed by atoms with Gasteiger partial charge in [0.05, 0.1) is 6.04 Å². The Labute approximate surface area is 146 Å². The Bertz CT molecular complexity index is 1030. The number of amides is 1. The number of thioether (sulfide) groups is 1. The second kappa shape index (κ2) is 6.33. The number of aromatic nitrogens is 2. The Morgan fingerprint density at radius 1 is 1.32 bits per heavy atom. The molecule has 1 aliphatic heterocycles. The van der Waals surface area contributed by atoms with Gasteiger partial charge in [-0.15, -0.1) is 11.8 Å². The molecule has 7 heteroatoms. The van der Waals surface area contributed by atoms with Gasteiger partial charge in [-0.25, -0.2) is 9.37 Å². The van der Waals surface area contributed by atoms with E-state index in [1.165, 1.54) is 22.7 Å². The molecule has 3 aromatic rings. The highest BCUT2D eigenvalue weighted by Crippen LogP contribution is 2.36. The number of fused-ring (bicyclic) bond motifs is 2. The SMILES string of the molecule is O=C(NC1CCSc2ccc(F)cc21)c1cnc2ccccn2c1=O. The number of nitrogens with one attached hydrogen (secondary N) is 1. The molecular weight excluding hydrogens is 341 g/mol. The van der Waals surface area contributed by atoms with Crippen LogP contribution in [0, 0.1) is 5.82 Å². The minimum atomic E-state index is -0.497. The van der Waals surface area contributed by atoms with E-state index in [1.54, 1.807) is 42.2 Å². The molecular formula is C18H14FN3O2S. The van der Waals surface area contributed by atoms with Crippen LogP contribution in [0.2, 0.25) is 0 Å². The van der Waals surface area contributed by atoms with E-state index < -0.39 is 11.5 Å². The first-order valence-corrected chi connectivity index (χ1v) is 8.81. The molecule has 1 amide bonds. The number of nitrogens with zero attached hydrogens (tertiary/aromatic N) is 2. The molecule has 1 unspecified atom stereocenters. The maximum atomic E-state index is 13.6. The van der Waals surface area contributed by atoms with Crippen molar-refractivity contribution in [3.63, 3.8) is 0 Å². The van der Waals surface area contributed by atoms with Crippen LogP contribution in [0.15, 0.2) is 58.5 Å². The lowest BCUT2D eigenvalue weighted by Gasteiger charge is -2.25. The summed E-state index contributed by atoms with van der Waals surface area (Å²) >= 11 is 1.63. The normalized spacial score (nSPS) is 16.4. The van der Waals surface area contributed by atoms with Crippen LogP contribution >= 0.6 is 11.8 Å². The van der Waals surface area contributed by atoms with E-state index in [0.717, 1.165) is 16.2 Å². The minimum Gasteiger partial charge on any atom is -0.345 e. The molecule has 4 rings (SSSR count). The molecule has 0 saturated heterocycles. The molecule has 0 spiro atoms. The van der Waals surface area contributed by atoms with Crippen molar-refractivity contribution in [3.05, 3.63) is 76.1 Å². The zero-order chi connectivity index (χ0) is 17.4. The van der Waals surface area contributed by atoms with Crippen LogP contribution in [-0.4, -0.2) is 21.0 Å². The Kier molecular flexibility index (Phi) is 4.01. The number of rotatable bonds is 2. The van der Waals surface area contributed by atoms with Crippen molar-refractivity contribution in [2.24, 2.45) is 0 Å². The second-order valence-corrected chi connectivity index (χ2v) is 6.89. The Hall–Kier alpha value is -2.67. The molecule has 0 aliphatic carbocycles. The van der Waals surface area contributed by atoms with Gasteiger partial charge in [0.1, 0.15) is 17.0 Å². The second-order valence-electron chi connectivity index (χ2n) is 5.75. The summed E-state index contributed by atoms with van der Waals surface area (Å²) in [6.45, 7) is 0. The molecule has 1 aromatic carbocycles. The quantitative estimate of drug-likeness (QED) is 0.768. The van der Waals surface area contributed by atoms with Crippen LogP contribution in [-0.2, 0) is 0 Å². The number of carbonyl (C=O) groups is 1. The number of hydrogen-bond acceptors (Lipinski definition) is 4.